The molecule has 0 spiro atoms. The van der Waals surface area contributed by atoms with Gasteiger partial charge in [0.1, 0.15) is 0 Å². The van der Waals surface area contributed by atoms with E-state index in [0.717, 1.165) is 36.9 Å². The highest BCUT2D eigenvalue weighted by molar-refractivity contribution is 5.16. The van der Waals surface area contributed by atoms with E-state index in [2.05, 4.69) is 23.8 Å². The lowest BCUT2D eigenvalue weighted by Crippen LogP contribution is -2.28. The minimum absolute atomic E-state index is 0.199. The molecule has 0 fully saturated rings. The number of unbranched alkanes of at least 4 members (excludes halogenated alkanes) is 11. The zero-order valence-electron chi connectivity index (χ0n) is 16.4. The van der Waals surface area contributed by atoms with E-state index in [1.807, 2.05) is 0 Å². The molecule has 0 radical (unpaired) electrons. The molecule has 0 aliphatic carbocycles. The Labute approximate surface area is 152 Å². The summed E-state index contributed by atoms with van der Waals surface area (Å²) in [7, 11) is 0. The van der Waals surface area contributed by atoms with Gasteiger partial charge >= 0.3 is 5.69 Å². The van der Waals surface area contributed by atoms with E-state index in [0.29, 0.717) is 0 Å². The van der Waals surface area contributed by atoms with Crippen molar-refractivity contribution < 1.29 is 0 Å². The fraction of sp³-hybridized carbons (Fsp3) is 0.810. The number of hydrogen-bond acceptors (Lipinski definition) is 2. The molecular weight excluding hydrogens is 312 g/mol. The van der Waals surface area contributed by atoms with Crippen molar-refractivity contribution in [2.24, 2.45) is 0 Å². The number of aryl methyl sites for hydroxylation is 1. The summed E-state index contributed by atoms with van der Waals surface area (Å²) in [6.45, 7) is 4.32. The summed E-state index contributed by atoms with van der Waals surface area (Å²) in [6, 6.07) is 0. The average molecular weight is 351 g/mol. The molecule has 0 unspecified atom stereocenters. The number of hydrogen-bond donors (Lipinski definition) is 2. The Morgan fingerprint density at radius 2 is 1.12 bits per heavy atom. The van der Waals surface area contributed by atoms with E-state index < -0.39 is 0 Å². The van der Waals surface area contributed by atoms with Crippen molar-refractivity contribution >= 4 is 0 Å². The molecule has 4 heteroatoms. The van der Waals surface area contributed by atoms with Crippen molar-refractivity contribution in [2.75, 3.05) is 0 Å². The summed E-state index contributed by atoms with van der Waals surface area (Å²) in [5.74, 6) is 0. The van der Waals surface area contributed by atoms with Crippen molar-refractivity contribution in [3.05, 3.63) is 32.1 Å². The van der Waals surface area contributed by atoms with Gasteiger partial charge in [0.25, 0.3) is 5.56 Å². The van der Waals surface area contributed by atoms with Gasteiger partial charge in [-0.3, -0.25) is 9.78 Å². The molecule has 0 aliphatic rings. The van der Waals surface area contributed by atoms with Gasteiger partial charge in [0.15, 0.2) is 0 Å². The summed E-state index contributed by atoms with van der Waals surface area (Å²) in [5, 5.41) is 0. The van der Waals surface area contributed by atoms with Crippen molar-refractivity contribution in [1.82, 2.24) is 9.97 Å². The average Bonchev–Trinajstić information content (AvgIpc) is 2.58. The van der Waals surface area contributed by atoms with Gasteiger partial charge < -0.3 is 4.98 Å². The van der Waals surface area contributed by atoms with Gasteiger partial charge in [-0.2, -0.15) is 0 Å². The van der Waals surface area contributed by atoms with Crippen LogP contribution >= 0.6 is 0 Å². The predicted molar refractivity (Wildman–Crippen MR) is 106 cm³/mol. The molecule has 2 N–H and O–H groups in total. The Hall–Kier alpha value is -1.32. The third kappa shape index (κ3) is 9.66. The SMILES string of the molecule is CCCCCCCCCCCCCCc1c(CCC)[nH]c(=O)[nH]c1=O. The van der Waals surface area contributed by atoms with Gasteiger partial charge in [0.05, 0.1) is 0 Å². The Bertz CT molecular complexity index is 560. The van der Waals surface area contributed by atoms with E-state index in [4.69, 9.17) is 0 Å². The number of nitrogens with one attached hydrogen (secondary N) is 2. The Morgan fingerprint density at radius 3 is 1.64 bits per heavy atom. The third-order valence-corrected chi connectivity index (χ3v) is 4.91. The highest BCUT2D eigenvalue weighted by atomic mass is 16.2. The third-order valence-electron chi connectivity index (χ3n) is 4.91. The predicted octanol–water partition coefficient (Wildman–Crippen LogP) is 5.26. The maximum atomic E-state index is 12.0. The Morgan fingerprint density at radius 1 is 0.600 bits per heavy atom. The maximum absolute atomic E-state index is 12.0. The number of aromatic nitrogens is 2. The van der Waals surface area contributed by atoms with Gasteiger partial charge in [-0.25, -0.2) is 4.79 Å². The van der Waals surface area contributed by atoms with E-state index in [1.165, 1.54) is 70.6 Å². The highest BCUT2D eigenvalue weighted by Gasteiger charge is 2.08. The summed E-state index contributed by atoms with van der Waals surface area (Å²) < 4.78 is 0. The van der Waals surface area contributed by atoms with Crippen molar-refractivity contribution in [1.29, 1.82) is 0 Å². The lowest BCUT2D eigenvalue weighted by molar-refractivity contribution is 0.543. The van der Waals surface area contributed by atoms with Crippen LogP contribution < -0.4 is 11.2 Å². The van der Waals surface area contributed by atoms with E-state index in [9.17, 15) is 9.59 Å². The molecule has 1 heterocycles. The number of rotatable bonds is 15. The molecule has 1 rings (SSSR count). The molecule has 1 aromatic rings. The molecule has 0 amide bonds. The molecule has 0 aromatic carbocycles. The summed E-state index contributed by atoms with van der Waals surface area (Å²) in [6.07, 6.45) is 18.2. The molecule has 144 valence electrons. The fourth-order valence-corrected chi connectivity index (χ4v) is 3.43. The van der Waals surface area contributed by atoms with Crippen molar-refractivity contribution in [3.63, 3.8) is 0 Å². The molecular formula is C21H38N2O2. The van der Waals surface area contributed by atoms with Crippen LogP contribution in [0.1, 0.15) is 109 Å². The first-order chi connectivity index (χ1) is 12.2. The smallest absolute Gasteiger partial charge is 0.311 e. The monoisotopic (exact) mass is 350 g/mol. The zero-order valence-corrected chi connectivity index (χ0v) is 16.4. The largest absolute Gasteiger partial charge is 0.325 e. The molecule has 0 bridgehead atoms. The topological polar surface area (TPSA) is 65.7 Å². The fourth-order valence-electron chi connectivity index (χ4n) is 3.43. The van der Waals surface area contributed by atoms with Crippen LogP contribution in [0.15, 0.2) is 9.59 Å². The first-order valence-corrected chi connectivity index (χ1v) is 10.5. The maximum Gasteiger partial charge on any atom is 0.325 e. The van der Waals surface area contributed by atoms with Gasteiger partial charge in [-0.05, 0) is 19.3 Å². The van der Waals surface area contributed by atoms with Crippen LogP contribution in [0.4, 0.5) is 0 Å². The van der Waals surface area contributed by atoms with Crippen molar-refractivity contribution in [3.8, 4) is 0 Å². The van der Waals surface area contributed by atoms with E-state index >= 15 is 0 Å². The lowest BCUT2D eigenvalue weighted by Gasteiger charge is -2.07. The highest BCUT2D eigenvalue weighted by Crippen LogP contribution is 2.13. The van der Waals surface area contributed by atoms with Crippen LogP contribution in [-0.4, -0.2) is 9.97 Å². The molecule has 4 nitrogen and oxygen atoms in total. The molecule has 25 heavy (non-hydrogen) atoms. The minimum atomic E-state index is -0.383. The standard InChI is InChI=1S/C21H38N2O2/c1-3-5-6-7-8-9-10-11-12-13-14-15-17-18-19(16-4-2)22-21(25)23-20(18)24/h3-17H2,1-2H3,(H2,22,23,24,25). The number of H-pyrrole nitrogens is 2. The lowest BCUT2D eigenvalue weighted by atomic mass is 10.0. The second kappa shape index (κ2) is 13.9. The molecule has 0 saturated heterocycles. The van der Waals surface area contributed by atoms with Gasteiger partial charge in [0, 0.05) is 11.3 Å². The van der Waals surface area contributed by atoms with Gasteiger partial charge in [-0.1, -0.05) is 90.9 Å². The summed E-state index contributed by atoms with van der Waals surface area (Å²) >= 11 is 0. The van der Waals surface area contributed by atoms with Crippen molar-refractivity contribution in [2.45, 2.75) is 110 Å². The van der Waals surface area contributed by atoms with Crippen LogP contribution in [0.5, 0.6) is 0 Å². The van der Waals surface area contributed by atoms with Crippen LogP contribution in [0, 0.1) is 0 Å². The second-order valence-corrected chi connectivity index (χ2v) is 7.25. The molecule has 0 saturated carbocycles. The number of aromatic amines is 2. The molecule has 1 aromatic heterocycles. The Kier molecular flexibility index (Phi) is 12.1. The summed E-state index contributed by atoms with van der Waals surface area (Å²) in [5.41, 5.74) is 1.04. The Balaban J connectivity index is 2.12. The van der Waals surface area contributed by atoms with E-state index in [-0.39, 0.29) is 11.2 Å². The van der Waals surface area contributed by atoms with Crippen LogP contribution in [-0.2, 0) is 12.8 Å². The molecule has 0 atom stereocenters. The van der Waals surface area contributed by atoms with Gasteiger partial charge in [-0.15, -0.1) is 0 Å². The first-order valence-electron chi connectivity index (χ1n) is 10.5. The van der Waals surface area contributed by atoms with E-state index in [1.54, 1.807) is 0 Å². The zero-order chi connectivity index (χ0) is 18.3. The van der Waals surface area contributed by atoms with Gasteiger partial charge in [0.2, 0.25) is 0 Å². The first kappa shape index (κ1) is 21.7. The molecule has 0 aliphatic heterocycles. The minimum Gasteiger partial charge on any atom is -0.311 e. The second-order valence-electron chi connectivity index (χ2n) is 7.25. The van der Waals surface area contributed by atoms with Crippen LogP contribution in [0.3, 0.4) is 0 Å². The normalized spacial score (nSPS) is 11.1. The summed E-state index contributed by atoms with van der Waals surface area (Å²) in [4.78, 5) is 28.6. The van der Waals surface area contributed by atoms with Crippen LogP contribution in [0.2, 0.25) is 0 Å². The van der Waals surface area contributed by atoms with Crippen LogP contribution in [0.25, 0.3) is 0 Å². The quantitative estimate of drug-likeness (QED) is 0.424.